The van der Waals surface area contributed by atoms with Gasteiger partial charge in [0.2, 0.25) is 0 Å². The Bertz CT molecular complexity index is 855. The van der Waals surface area contributed by atoms with Crippen molar-refractivity contribution < 1.29 is 30.0 Å². The number of carboxylic acids is 2. The number of hydrogen-bond acceptors (Lipinski definition) is 10. The molecule has 0 heterocycles. The minimum absolute atomic E-state index is 0.0116. The number of benzene rings is 2. The first-order valence-corrected chi connectivity index (χ1v) is 10.4. The number of hydrogen-bond donors (Lipinski definition) is 10. The van der Waals surface area contributed by atoms with Crippen molar-refractivity contribution in [2.45, 2.75) is 0 Å². The van der Waals surface area contributed by atoms with Gasteiger partial charge in [0.25, 0.3) is 0 Å². The molecule has 0 unspecified atom stereocenters. The van der Waals surface area contributed by atoms with E-state index >= 15 is 0 Å². The van der Waals surface area contributed by atoms with Crippen LogP contribution in [0.4, 0.5) is 11.4 Å². The largest absolute Gasteiger partial charge is 0.508 e. The van der Waals surface area contributed by atoms with Crippen LogP contribution >= 0.6 is 23.5 Å². The number of anilines is 2. The molecule has 0 aliphatic carbocycles. The smallest absolute Gasteiger partial charge is 0.335 e. The molecule has 12 nitrogen and oxygen atoms in total. The maximum Gasteiger partial charge on any atom is 0.335 e. The Morgan fingerprint density at radius 2 is 1.03 bits per heavy atom. The summed E-state index contributed by atoms with van der Waals surface area (Å²) < 4.78 is 0. The molecule has 0 atom stereocenters. The van der Waals surface area contributed by atoms with E-state index in [1.54, 1.807) is 0 Å². The van der Waals surface area contributed by atoms with Gasteiger partial charge in [-0.1, -0.05) is 23.5 Å². The number of phenols is 2. The SMILES string of the molecule is N=C(N)SCCSC(=N)N.Nc1cc(O)cc(C(=O)O)c1.Nc1cc(O)cc(C(=O)O)c1. The van der Waals surface area contributed by atoms with E-state index in [0.717, 1.165) is 23.6 Å². The quantitative estimate of drug-likeness (QED) is 0.125. The highest BCUT2D eigenvalue weighted by molar-refractivity contribution is 8.16. The van der Waals surface area contributed by atoms with Gasteiger partial charge in [-0.2, -0.15) is 0 Å². The van der Waals surface area contributed by atoms with E-state index in [4.69, 9.17) is 54.2 Å². The predicted octanol–water partition coefficient (Wildman–Crippen LogP) is 1.58. The van der Waals surface area contributed by atoms with E-state index in [0.29, 0.717) is 0 Å². The van der Waals surface area contributed by atoms with Gasteiger partial charge in [0.05, 0.1) is 11.1 Å². The number of nitrogens with two attached hydrogens (primary N) is 4. The standard InChI is InChI=1S/2C7H7NO3.C4H10N4S2/c2*8-5-1-4(7(10)11)2-6(9)3-5;5-3(6)9-1-2-10-4(7)8/h2*1-3,9H,8H2,(H,10,11);1-2H2,(H3,5,6)(H3,7,8). The van der Waals surface area contributed by atoms with E-state index in [2.05, 4.69) is 0 Å². The normalized spacial score (nSPS) is 9.38. The number of nitrogens with one attached hydrogen (secondary N) is 2. The number of phenolic OH excluding ortho intramolecular Hbond substituents is 2. The van der Waals surface area contributed by atoms with Gasteiger partial charge in [-0.3, -0.25) is 10.8 Å². The van der Waals surface area contributed by atoms with Gasteiger partial charge in [-0.05, 0) is 24.3 Å². The van der Waals surface area contributed by atoms with E-state index in [1.807, 2.05) is 0 Å². The monoisotopic (exact) mass is 484 g/mol. The molecule has 14 N–H and O–H groups in total. The van der Waals surface area contributed by atoms with Crippen molar-refractivity contribution in [2.75, 3.05) is 23.0 Å². The maximum absolute atomic E-state index is 10.3. The van der Waals surface area contributed by atoms with Gasteiger partial charge >= 0.3 is 11.9 Å². The summed E-state index contributed by atoms with van der Waals surface area (Å²) in [6, 6.07) is 7.40. The Hall–Kier alpha value is -3.78. The molecule has 0 amide bonds. The molecule has 14 heteroatoms. The lowest BCUT2D eigenvalue weighted by molar-refractivity contribution is 0.0686. The van der Waals surface area contributed by atoms with Gasteiger partial charge in [-0.25, -0.2) is 9.59 Å². The second-order valence-electron chi connectivity index (χ2n) is 5.66. The summed E-state index contributed by atoms with van der Waals surface area (Å²) in [6.07, 6.45) is 0. The van der Waals surface area contributed by atoms with Crippen molar-refractivity contribution in [3.8, 4) is 11.5 Å². The molecule has 2 aromatic carbocycles. The highest BCUT2D eigenvalue weighted by Crippen LogP contribution is 2.17. The topological polar surface area (TPSA) is 267 Å². The zero-order valence-corrected chi connectivity index (χ0v) is 18.2. The fourth-order valence-corrected chi connectivity index (χ4v) is 2.93. The maximum atomic E-state index is 10.3. The van der Waals surface area contributed by atoms with Crippen LogP contribution in [0, 0.1) is 10.8 Å². The van der Waals surface area contributed by atoms with Gasteiger partial charge in [-0.15, -0.1) is 0 Å². The van der Waals surface area contributed by atoms with Crippen molar-refractivity contribution in [3.63, 3.8) is 0 Å². The van der Waals surface area contributed by atoms with Gasteiger partial charge in [0.15, 0.2) is 10.3 Å². The molecule has 0 saturated heterocycles. The van der Waals surface area contributed by atoms with Crippen molar-refractivity contribution >= 4 is 57.2 Å². The lowest BCUT2D eigenvalue weighted by Crippen LogP contribution is -2.08. The molecule has 0 saturated carbocycles. The lowest BCUT2D eigenvalue weighted by Gasteiger charge is -1.97. The zero-order valence-electron chi connectivity index (χ0n) is 16.6. The third-order valence-electron chi connectivity index (χ3n) is 2.97. The number of thioether (sulfide) groups is 2. The molecular formula is C18H24N6O6S2. The molecule has 0 radical (unpaired) electrons. The van der Waals surface area contributed by atoms with Crippen molar-refractivity contribution in [1.82, 2.24) is 0 Å². The van der Waals surface area contributed by atoms with Gasteiger partial charge < -0.3 is 43.4 Å². The summed E-state index contributed by atoms with van der Waals surface area (Å²) in [4.78, 5) is 20.7. The third-order valence-corrected chi connectivity index (χ3v) is 4.67. The summed E-state index contributed by atoms with van der Waals surface area (Å²) in [5, 5.41) is 48.6. The van der Waals surface area contributed by atoms with Crippen LogP contribution in [0.2, 0.25) is 0 Å². The second-order valence-corrected chi connectivity index (χ2v) is 7.94. The number of aromatic carboxylic acids is 2. The minimum Gasteiger partial charge on any atom is -0.508 e. The van der Waals surface area contributed by atoms with E-state index in [1.165, 1.54) is 47.8 Å². The molecule has 0 fully saturated rings. The Morgan fingerprint density at radius 3 is 1.25 bits per heavy atom. The average Bonchev–Trinajstić information content (AvgIpc) is 2.64. The zero-order chi connectivity index (χ0) is 24.8. The Balaban J connectivity index is 0.000000452. The number of carboxylic acid groups (broad SMARTS) is 2. The minimum atomic E-state index is -1.10. The fraction of sp³-hybridized carbons (Fsp3) is 0.111. The first-order valence-electron chi connectivity index (χ1n) is 8.41. The number of carbonyl (C=O) groups is 2. The van der Waals surface area contributed by atoms with Crippen LogP contribution in [0.3, 0.4) is 0 Å². The molecule has 0 aromatic heterocycles. The highest BCUT2D eigenvalue weighted by atomic mass is 32.2. The van der Waals surface area contributed by atoms with E-state index in [-0.39, 0.29) is 44.3 Å². The van der Waals surface area contributed by atoms with Crippen LogP contribution in [0.15, 0.2) is 36.4 Å². The van der Waals surface area contributed by atoms with Crippen LogP contribution in [-0.2, 0) is 0 Å². The first-order chi connectivity index (χ1) is 14.8. The van der Waals surface area contributed by atoms with Crippen LogP contribution in [0.5, 0.6) is 11.5 Å². The molecule has 32 heavy (non-hydrogen) atoms. The summed E-state index contributed by atoms with van der Waals surface area (Å²) in [7, 11) is 0. The van der Waals surface area contributed by atoms with Crippen molar-refractivity contribution in [2.24, 2.45) is 11.5 Å². The van der Waals surface area contributed by atoms with E-state index in [9.17, 15) is 9.59 Å². The van der Waals surface area contributed by atoms with Crippen LogP contribution in [0.1, 0.15) is 20.7 Å². The third kappa shape index (κ3) is 13.4. The molecule has 0 aliphatic rings. The van der Waals surface area contributed by atoms with Gasteiger partial charge in [0, 0.05) is 35.0 Å². The molecule has 2 aromatic rings. The van der Waals surface area contributed by atoms with E-state index < -0.39 is 11.9 Å². The van der Waals surface area contributed by atoms with Crippen LogP contribution < -0.4 is 22.9 Å². The molecule has 0 aliphatic heterocycles. The second kappa shape index (κ2) is 14.3. The number of nitrogen functional groups attached to an aromatic ring is 2. The lowest BCUT2D eigenvalue weighted by atomic mass is 10.2. The summed E-state index contributed by atoms with van der Waals surface area (Å²) in [5.41, 5.74) is 21.1. The Morgan fingerprint density at radius 1 is 0.719 bits per heavy atom. The predicted molar refractivity (Wildman–Crippen MR) is 128 cm³/mol. The Kier molecular flexibility index (Phi) is 12.6. The summed E-state index contributed by atoms with van der Waals surface area (Å²) in [5.74, 6) is -1.01. The summed E-state index contributed by atoms with van der Waals surface area (Å²) >= 11 is 2.52. The molecule has 174 valence electrons. The van der Waals surface area contributed by atoms with Gasteiger partial charge in [0.1, 0.15) is 11.5 Å². The number of aromatic hydroxyl groups is 2. The molecule has 0 bridgehead atoms. The highest BCUT2D eigenvalue weighted by Gasteiger charge is 2.04. The molecule has 0 spiro atoms. The van der Waals surface area contributed by atoms with Crippen molar-refractivity contribution in [3.05, 3.63) is 47.5 Å². The average molecular weight is 485 g/mol. The first kappa shape index (κ1) is 28.2. The van der Waals surface area contributed by atoms with Crippen LogP contribution in [0.25, 0.3) is 0 Å². The van der Waals surface area contributed by atoms with Crippen molar-refractivity contribution in [1.29, 1.82) is 10.8 Å². The number of amidine groups is 2. The number of rotatable bonds is 5. The fourth-order valence-electron chi connectivity index (χ4n) is 1.82. The molecular weight excluding hydrogens is 460 g/mol. The summed E-state index contributed by atoms with van der Waals surface area (Å²) in [6.45, 7) is 0. The molecule has 2 rings (SSSR count). The Labute approximate surface area is 191 Å². The van der Waals surface area contributed by atoms with Crippen LogP contribution in [-0.4, -0.2) is 54.2 Å².